The van der Waals surface area contributed by atoms with Crippen LogP contribution in [0, 0.1) is 11.3 Å². The van der Waals surface area contributed by atoms with E-state index in [2.05, 4.69) is 4.99 Å². The van der Waals surface area contributed by atoms with E-state index in [0.29, 0.717) is 21.6 Å². The maximum absolute atomic E-state index is 12.5. The molecule has 1 saturated heterocycles. The van der Waals surface area contributed by atoms with Gasteiger partial charge in [-0.1, -0.05) is 24.3 Å². The smallest absolute Gasteiger partial charge is 0.266 e. The lowest BCUT2D eigenvalue weighted by atomic mass is 10.2. The quantitative estimate of drug-likeness (QED) is 0.738. The SMILES string of the molecule is COc1cc(/C=C2/SC(=Nc3ccccc3)N(C)C2=O)ccc1OCC#N. The molecular weight excluding hydrogens is 362 g/mol. The predicted octanol–water partition coefficient (Wildman–Crippen LogP) is 3.83. The number of thioether (sulfide) groups is 1. The average Bonchev–Trinajstić information content (AvgIpc) is 2.95. The number of nitrogens with zero attached hydrogens (tertiary/aromatic N) is 3. The Balaban J connectivity index is 1.86. The number of para-hydroxylation sites is 1. The van der Waals surface area contributed by atoms with Gasteiger partial charge in [0.15, 0.2) is 23.3 Å². The molecule has 1 aliphatic rings. The Morgan fingerprint density at radius 2 is 2.00 bits per heavy atom. The number of amides is 1. The number of hydrogen-bond donors (Lipinski definition) is 0. The van der Waals surface area contributed by atoms with Crippen molar-refractivity contribution >= 4 is 34.6 Å². The monoisotopic (exact) mass is 379 g/mol. The fourth-order valence-corrected chi connectivity index (χ4v) is 3.41. The summed E-state index contributed by atoms with van der Waals surface area (Å²) in [6.45, 7) is -0.0603. The third-order valence-electron chi connectivity index (χ3n) is 3.76. The van der Waals surface area contributed by atoms with Crippen LogP contribution >= 0.6 is 11.8 Å². The lowest BCUT2D eigenvalue weighted by Crippen LogP contribution is -2.23. The Bertz CT molecular complexity index is 949. The molecule has 0 aliphatic carbocycles. The molecule has 1 fully saturated rings. The molecule has 136 valence electrons. The number of carbonyl (C=O) groups is 1. The normalized spacial score (nSPS) is 16.6. The molecule has 0 radical (unpaired) electrons. The highest BCUT2D eigenvalue weighted by atomic mass is 32.2. The molecule has 1 heterocycles. The molecule has 0 unspecified atom stereocenters. The predicted molar refractivity (Wildman–Crippen MR) is 106 cm³/mol. The van der Waals surface area contributed by atoms with Crippen LogP contribution in [0.2, 0.25) is 0 Å². The van der Waals surface area contributed by atoms with Crippen LogP contribution in [0.3, 0.4) is 0 Å². The van der Waals surface area contributed by atoms with Crippen LogP contribution in [0.25, 0.3) is 6.08 Å². The van der Waals surface area contributed by atoms with Gasteiger partial charge in [0.05, 0.1) is 17.7 Å². The molecule has 0 aromatic heterocycles. The summed E-state index contributed by atoms with van der Waals surface area (Å²) in [5.41, 5.74) is 1.59. The molecular formula is C20H17N3O3S. The highest BCUT2D eigenvalue weighted by Crippen LogP contribution is 2.35. The first-order valence-electron chi connectivity index (χ1n) is 8.11. The summed E-state index contributed by atoms with van der Waals surface area (Å²) in [4.78, 5) is 19.2. The van der Waals surface area contributed by atoms with Crippen LogP contribution in [-0.2, 0) is 4.79 Å². The van der Waals surface area contributed by atoms with Crippen molar-refractivity contribution in [2.45, 2.75) is 0 Å². The second-order valence-corrected chi connectivity index (χ2v) is 6.57. The zero-order valence-electron chi connectivity index (χ0n) is 14.9. The van der Waals surface area contributed by atoms with Crippen molar-refractivity contribution in [3.8, 4) is 17.6 Å². The number of nitriles is 1. The van der Waals surface area contributed by atoms with Gasteiger partial charge in [0.1, 0.15) is 6.07 Å². The van der Waals surface area contributed by atoms with Gasteiger partial charge in [-0.25, -0.2) is 4.99 Å². The lowest BCUT2D eigenvalue weighted by Gasteiger charge is -2.09. The zero-order chi connectivity index (χ0) is 19.2. The Kier molecular flexibility index (Phi) is 5.79. The van der Waals surface area contributed by atoms with Gasteiger partial charge in [-0.2, -0.15) is 5.26 Å². The third-order valence-corrected chi connectivity index (χ3v) is 4.82. The molecule has 1 aliphatic heterocycles. The number of methoxy groups -OCH3 is 1. The topological polar surface area (TPSA) is 74.9 Å². The number of carbonyl (C=O) groups excluding carboxylic acids is 1. The van der Waals surface area contributed by atoms with Crippen molar-refractivity contribution in [2.24, 2.45) is 4.99 Å². The summed E-state index contributed by atoms with van der Waals surface area (Å²) in [5.74, 6) is 0.870. The largest absolute Gasteiger partial charge is 0.493 e. The Morgan fingerprint density at radius 1 is 1.22 bits per heavy atom. The van der Waals surface area contributed by atoms with Crippen LogP contribution in [0.4, 0.5) is 5.69 Å². The van der Waals surface area contributed by atoms with E-state index >= 15 is 0 Å². The molecule has 2 aromatic rings. The number of likely N-dealkylation sites (N-methyl/N-ethyl adjacent to an activating group) is 1. The van der Waals surface area contributed by atoms with Crippen molar-refractivity contribution in [1.29, 1.82) is 5.26 Å². The van der Waals surface area contributed by atoms with Gasteiger partial charge >= 0.3 is 0 Å². The fourth-order valence-electron chi connectivity index (χ4n) is 2.42. The first-order chi connectivity index (χ1) is 13.1. The first kappa shape index (κ1) is 18.5. The van der Waals surface area contributed by atoms with Gasteiger partial charge in [0, 0.05) is 7.05 Å². The minimum absolute atomic E-state index is 0.0603. The van der Waals surface area contributed by atoms with Crippen LogP contribution in [0.5, 0.6) is 11.5 Å². The number of amidine groups is 1. The van der Waals surface area contributed by atoms with Crippen LogP contribution in [0.1, 0.15) is 5.56 Å². The third kappa shape index (κ3) is 4.30. The standard InChI is InChI=1S/C20H17N3O3S/c1-23-19(24)18(27-20(23)22-15-6-4-3-5-7-15)13-14-8-9-16(26-11-10-21)17(12-14)25-2/h3-9,12-13H,11H2,1-2H3/b18-13+,22-20?. The number of benzene rings is 2. The molecule has 27 heavy (non-hydrogen) atoms. The molecule has 0 bridgehead atoms. The first-order valence-corrected chi connectivity index (χ1v) is 8.93. The molecule has 2 aromatic carbocycles. The van der Waals surface area contributed by atoms with Crippen molar-refractivity contribution in [1.82, 2.24) is 4.90 Å². The van der Waals surface area contributed by atoms with Crippen molar-refractivity contribution in [3.05, 3.63) is 59.0 Å². The van der Waals surface area contributed by atoms with E-state index in [0.717, 1.165) is 11.3 Å². The number of aliphatic imine (C=N–C) groups is 1. The number of rotatable bonds is 5. The number of ether oxygens (including phenoxy) is 2. The zero-order valence-corrected chi connectivity index (χ0v) is 15.7. The highest BCUT2D eigenvalue weighted by Gasteiger charge is 2.30. The summed E-state index contributed by atoms with van der Waals surface area (Å²) in [5, 5.41) is 9.26. The van der Waals surface area contributed by atoms with Crippen LogP contribution < -0.4 is 9.47 Å². The lowest BCUT2D eigenvalue weighted by molar-refractivity contribution is -0.121. The van der Waals surface area contributed by atoms with E-state index in [4.69, 9.17) is 14.7 Å². The minimum atomic E-state index is -0.113. The minimum Gasteiger partial charge on any atom is -0.493 e. The van der Waals surface area contributed by atoms with Crippen molar-refractivity contribution in [2.75, 3.05) is 20.8 Å². The van der Waals surface area contributed by atoms with E-state index < -0.39 is 0 Å². The summed E-state index contributed by atoms with van der Waals surface area (Å²) < 4.78 is 10.6. The van der Waals surface area contributed by atoms with Crippen LogP contribution in [-0.4, -0.2) is 36.7 Å². The second-order valence-electron chi connectivity index (χ2n) is 5.56. The Morgan fingerprint density at radius 3 is 2.70 bits per heavy atom. The van der Waals surface area contributed by atoms with E-state index in [1.807, 2.05) is 42.5 Å². The van der Waals surface area contributed by atoms with Gasteiger partial charge in [-0.3, -0.25) is 9.69 Å². The molecule has 0 spiro atoms. The van der Waals surface area contributed by atoms with Gasteiger partial charge in [0.2, 0.25) is 0 Å². The summed E-state index contributed by atoms with van der Waals surface area (Å²) >= 11 is 1.32. The molecule has 3 rings (SSSR count). The fraction of sp³-hybridized carbons (Fsp3) is 0.150. The summed E-state index contributed by atoms with van der Waals surface area (Å²) in [7, 11) is 3.23. The van der Waals surface area contributed by atoms with E-state index in [9.17, 15) is 4.79 Å². The maximum atomic E-state index is 12.5. The molecule has 1 amide bonds. The highest BCUT2D eigenvalue weighted by molar-refractivity contribution is 8.18. The van der Waals surface area contributed by atoms with Crippen molar-refractivity contribution < 1.29 is 14.3 Å². The maximum Gasteiger partial charge on any atom is 0.266 e. The van der Waals surface area contributed by atoms with E-state index in [-0.39, 0.29) is 12.5 Å². The Labute approximate surface area is 161 Å². The molecule has 7 heteroatoms. The van der Waals surface area contributed by atoms with Gasteiger partial charge in [-0.15, -0.1) is 0 Å². The number of hydrogen-bond acceptors (Lipinski definition) is 6. The summed E-state index contributed by atoms with van der Waals surface area (Å²) in [6.07, 6.45) is 1.79. The Hall–Kier alpha value is -3.24. The van der Waals surface area contributed by atoms with Gasteiger partial charge < -0.3 is 9.47 Å². The van der Waals surface area contributed by atoms with Gasteiger partial charge in [-0.05, 0) is 47.7 Å². The summed E-state index contributed by atoms with van der Waals surface area (Å²) in [6, 6.07) is 16.7. The second kappa shape index (κ2) is 8.43. The van der Waals surface area contributed by atoms with Gasteiger partial charge in [0.25, 0.3) is 5.91 Å². The van der Waals surface area contributed by atoms with Crippen molar-refractivity contribution in [3.63, 3.8) is 0 Å². The molecule has 0 N–H and O–H groups in total. The molecule has 6 nitrogen and oxygen atoms in total. The average molecular weight is 379 g/mol. The van der Waals surface area contributed by atoms with E-state index in [1.54, 1.807) is 25.3 Å². The van der Waals surface area contributed by atoms with Crippen LogP contribution in [0.15, 0.2) is 58.4 Å². The molecule has 0 saturated carbocycles. The molecule has 0 atom stereocenters. The van der Waals surface area contributed by atoms with E-state index in [1.165, 1.54) is 23.8 Å².